The second-order valence-electron chi connectivity index (χ2n) is 3.90. The summed E-state index contributed by atoms with van der Waals surface area (Å²) >= 11 is 0. The van der Waals surface area contributed by atoms with E-state index in [0.29, 0.717) is 5.69 Å². The van der Waals surface area contributed by atoms with Crippen LogP contribution in [0.15, 0.2) is 16.9 Å². The van der Waals surface area contributed by atoms with E-state index in [0.717, 1.165) is 17.0 Å². The molecule has 0 spiro atoms. The molecule has 2 rings (SSSR count). The smallest absolute Gasteiger partial charge is 0.266 e. The molecule has 2 aromatic heterocycles. The normalized spacial score (nSPS) is 10.2. The topological polar surface area (TPSA) is 74.5 Å². The van der Waals surface area contributed by atoms with Gasteiger partial charge in [0.25, 0.3) is 5.56 Å². The number of aryl methyl sites for hydroxylation is 2. The molecule has 0 aliphatic heterocycles. The highest BCUT2D eigenvalue weighted by atomic mass is 16.1. The van der Waals surface area contributed by atoms with Gasteiger partial charge < -0.3 is 4.98 Å². The third-order valence-electron chi connectivity index (χ3n) is 2.81. The van der Waals surface area contributed by atoms with E-state index in [4.69, 9.17) is 5.26 Å². The molecule has 0 aliphatic carbocycles. The molecule has 2 aromatic rings. The molecule has 17 heavy (non-hydrogen) atoms. The third-order valence-corrected chi connectivity index (χ3v) is 2.81. The number of aromatic nitrogens is 3. The van der Waals surface area contributed by atoms with E-state index in [1.807, 2.05) is 27.0 Å². The van der Waals surface area contributed by atoms with Crippen molar-refractivity contribution in [3.8, 4) is 17.3 Å². The maximum absolute atomic E-state index is 11.6. The van der Waals surface area contributed by atoms with Crippen LogP contribution >= 0.6 is 0 Å². The van der Waals surface area contributed by atoms with Gasteiger partial charge in [-0.3, -0.25) is 9.48 Å². The van der Waals surface area contributed by atoms with Crippen LogP contribution in [0.1, 0.15) is 17.0 Å². The molecule has 0 atom stereocenters. The SMILES string of the molecule is Cc1nn(C)c(C)c1-c1ccc(C#N)c(=O)[nH]1. The quantitative estimate of drug-likeness (QED) is 0.798. The summed E-state index contributed by atoms with van der Waals surface area (Å²) in [6.45, 7) is 3.82. The summed E-state index contributed by atoms with van der Waals surface area (Å²) in [5.74, 6) is 0. The first-order chi connectivity index (χ1) is 8.04. The number of pyridine rings is 1. The maximum Gasteiger partial charge on any atom is 0.266 e. The Morgan fingerprint density at radius 2 is 2.12 bits per heavy atom. The predicted molar refractivity (Wildman–Crippen MR) is 63.5 cm³/mol. The standard InChI is InChI=1S/C12H12N4O/c1-7-11(8(2)16(3)15-7)10-5-4-9(6-13)12(17)14-10/h4-5H,1-3H3,(H,14,17). The van der Waals surface area contributed by atoms with Crippen molar-refractivity contribution >= 4 is 0 Å². The van der Waals surface area contributed by atoms with Gasteiger partial charge in [-0.1, -0.05) is 0 Å². The van der Waals surface area contributed by atoms with Crippen LogP contribution in [-0.2, 0) is 7.05 Å². The highest BCUT2D eigenvalue weighted by molar-refractivity contribution is 5.65. The molecule has 0 unspecified atom stereocenters. The van der Waals surface area contributed by atoms with Gasteiger partial charge in [0.1, 0.15) is 11.6 Å². The van der Waals surface area contributed by atoms with Crippen molar-refractivity contribution in [2.75, 3.05) is 0 Å². The predicted octanol–water partition coefficient (Wildman–Crippen LogP) is 1.26. The van der Waals surface area contributed by atoms with Crippen molar-refractivity contribution in [1.29, 1.82) is 5.26 Å². The largest absolute Gasteiger partial charge is 0.321 e. The zero-order valence-electron chi connectivity index (χ0n) is 9.90. The first-order valence-corrected chi connectivity index (χ1v) is 5.18. The second-order valence-corrected chi connectivity index (χ2v) is 3.90. The Bertz CT molecular complexity index is 673. The van der Waals surface area contributed by atoms with Gasteiger partial charge in [0.2, 0.25) is 0 Å². The van der Waals surface area contributed by atoms with E-state index in [1.165, 1.54) is 6.07 Å². The molecule has 5 nitrogen and oxygen atoms in total. The van der Waals surface area contributed by atoms with E-state index in [2.05, 4.69) is 10.1 Å². The van der Waals surface area contributed by atoms with Gasteiger partial charge in [-0.15, -0.1) is 0 Å². The summed E-state index contributed by atoms with van der Waals surface area (Å²) in [5, 5.41) is 13.0. The summed E-state index contributed by atoms with van der Waals surface area (Å²) in [7, 11) is 1.85. The minimum Gasteiger partial charge on any atom is -0.321 e. The van der Waals surface area contributed by atoms with Crippen molar-refractivity contribution in [2.45, 2.75) is 13.8 Å². The van der Waals surface area contributed by atoms with E-state index >= 15 is 0 Å². The first kappa shape index (κ1) is 11.1. The van der Waals surface area contributed by atoms with Crippen molar-refractivity contribution in [1.82, 2.24) is 14.8 Å². The van der Waals surface area contributed by atoms with Crippen LogP contribution < -0.4 is 5.56 Å². The molecule has 0 aliphatic rings. The zero-order valence-corrected chi connectivity index (χ0v) is 9.90. The molecule has 86 valence electrons. The number of nitrogens with one attached hydrogen (secondary N) is 1. The molecule has 0 saturated heterocycles. The number of hydrogen-bond donors (Lipinski definition) is 1. The lowest BCUT2D eigenvalue weighted by molar-refractivity contribution is 0.731. The zero-order chi connectivity index (χ0) is 12.6. The molecule has 0 saturated carbocycles. The van der Waals surface area contributed by atoms with Crippen molar-refractivity contribution < 1.29 is 0 Å². The van der Waals surface area contributed by atoms with Crippen molar-refractivity contribution in [3.05, 3.63) is 39.4 Å². The van der Waals surface area contributed by atoms with Crippen molar-refractivity contribution in [3.63, 3.8) is 0 Å². The van der Waals surface area contributed by atoms with E-state index in [9.17, 15) is 4.79 Å². The van der Waals surface area contributed by atoms with Gasteiger partial charge in [0.15, 0.2) is 0 Å². The number of aromatic amines is 1. The summed E-state index contributed by atoms with van der Waals surface area (Å²) in [6, 6.07) is 5.10. The highest BCUT2D eigenvalue weighted by Crippen LogP contribution is 2.23. The maximum atomic E-state index is 11.6. The van der Waals surface area contributed by atoms with E-state index in [1.54, 1.807) is 10.7 Å². The van der Waals surface area contributed by atoms with Crippen LogP contribution in [0.25, 0.3) is 11.3 Å². The van der Waals surface area contributed by atoms with Gasteiger partial charge >= 0.3 is 0 Å². The lowest BCUT2D eigenvalue weighted by atomic mass is 10.1. The van der Waals surface area contributed by atoms with Gasteiger partial charge in [-0.25, -0.2) is 0 Å². The summed E-state index contributed by atoms with van der Waals surface area (Å²) in [5.41, 5.74) is 3.18. The molecule has 2 heterocycles. The molecule has 5 heteroatoms. The molecule has 0 amide bonds. The van der Waals surface area contributed by atoms with Gasteiger partial charge in [-0.2, -0.15) is 10.4 Å². The van der Waals surface area contributed by atoms with Gasteiger partial charge in [-0.05, 0) is 26.0 Å². The third kappa shape index (κ3) is 1.74. The van der Waals surface area contributed by atoms with Crippen LogP contribution in [0.2, 0.25) is 0 Å². The number of hydrogen-bond acceptors (Lipinski definition) is 3. The molecular formula is C12H12N4O. The Labute approximate surface area is 98.3 Å². The number of H-pyrrole nitrogens is 1. The van der Waals surface area contributed by atoms with Crippen LogP contribution in [0.3, 0.4) is 0 Å². The fourth-order valence-electron chi connectivity index (χ4n) is 1.87. The first-order valence-electron chi connectivity index (χ1n) is 5.18. The number of rotatable bonds is 1. The molecule has 0 radical (unpaired) electrons. The van der Waals surface area contributed by atoms with Crippen molar-refractivity contribution in [2.24, 2.45) is 7.05 Å². The van der Waals surface area contributed by atoms with E-state index < -0.39 is 0 Å². The minimum absolute atomic E-state index is 0.118. The van der Waals surface area contributed by atoms with Crippen LogP contribution in [-0.4, -0.2) is 14.8 Å². The monoisotopic (exact) mass is 228 g/mol. The van der Waals surface area contributed by atoms with E-state index in [-0.39, 0.29) is 11.1 Å². The van der Waals surface area contributed by atoms with Crippen LogP contribution in [0.5, 0.6) is 0 Å². The Hall–Kier alpha value is -2.35. The number of nitrogens with zero attached hydrogens (tertiary/aromatic N) is 3. The lowest BCUT2D eigenvalue weighted by Gasteiger charge is -2.02. The van der Waals surface area contributed by atoms with Gasteiger partial charge in [0, 0.05) is 18.3 Å². The fraction of sp³-hybridized carbons (Fsp3) is 0.250. The van der Waals surface area contributed by atoms with Crippen LogP contribution in [0.4, 0.5) is 0 Å². The summed E-state index contributed by atoms with van der Waals surface area (Å²) in [6.07, 6.45) is 0. The molecule has 0 aromatic carbocycles. The molecular weight excluding hydrogens is 216 g/mol. The Kier molecular flexibility index (Phi) is 2.56. The van der Waals surface area contributed by atoms with Gasteiger partial charge in [0.05, 0.1) is 11.4 Å². The second kappa shape index (κ2) is 3.91. The fourth-order valence-corrected chi connectivity index (χ4v) is 1.87. The van der Waals surface area contributed by atoms with Crippen LogP contribution in [0, 0.1) is 25.2 Å². The molecule has 0 bridgehead atoms. The Morgan fingerprint density at radius 3 is 2.59 bits per heavy atom. The average molecular weight is 228 g/mol. The Morgan fingerprint density at radius 1 is 1.41 bits per heavy atom. The minimum atomic E-state index is -0.368. The number of nitriles is 1. The molecule has 0 fully saturated rings. The average Bonchev–Trinajstić information content (AvgIpc) is 2.53. The highest BCUT2D eigenvalue weighted by Gasteiger charge is 2.12. The summed E-state index contributed by atoms with van der Waals surface area (Å²) in [4.78, 5) is 14.3. The lowest BCUT2D eigenvalue weighted by Crippen LogP contribution is -2.10. The molecule has 1 N–H and O–H groups in total. The summed E-state index contributed by atoms with van der Waals surface area (Å²) < 4.78 is 1.77. The Balaban J connectivity index is 2.66.